The molecule has 63 heavy (non-hydrogen) atoms. The molecular formula is C56H58GeIrN4O-2. The van der Waals surface area contributed by atoms with E-state index < -0.39 is 13.3 Å². The molecular weight excluding hydrogens is 1010 g/mol. The molecule has 4 heterocycles. The molecule has 0 bridgehead atoms. The van der Waals surface area contributed by atoms with Crippen LogP contribution in [0, 0.1) is 31.9 Å². The number of hydrogen-bond donors (Lipinski definition) is 0. The first-order valence-electron chi connectivity index (χ1n) is 22.1. The van der Waals surface area contributed by atoms with Crippen LogP contribution in [0.4, 0.5) is 0 Å². The van der Waals surface area contributed by atoms with Gasteiger partial charge in [0.2, 0.25) is 0 Å². The molecule has 1 radical (unpaired) electrons. The van der Waals surface area contributed by atoms with Crippen LogP contribution in [0.3, 0.4) is 0 Å². The Balaban J connectivity index is 0.000000189. The molecule has 0 aliphatic rings. The molecule has 323 valence electrons. The molecule has 7 heteroatoms. The Hall–Kier alpha value is -5.14. The maximum absolute atomic E-state index is 6.17. The number of para-hydroxylation sites is 2. The number of rotatable bonds is 9. The van der Waals surface area contributed by atoms with Gasteiger partial charge in [-0.2, -0.15) is 0 Å². The molecule has 0 aliphatic carbocycles. The van der Waals surface area contributed by atoms with Crippen molar-refractivity contribution in [1.29, 1.82) is 0 Å². The van der Waals surface area contributed by atoms with E-state index in [2.05, 4.69) is 191 Å². The number of imidazole rings is 1. The van der Waals surface area contributed by atoms with E-state index in [0.29, 0.717) is 23.5 Å². The van der Waals surface area contributed by atoms with Crippen molar-refractivity contribution in [3.8, 4) is 39.5 Å². The van der Waals surface area contributed by atoms with Gasteiger partial charge in [-0.25, -0.2) is 0 Å². The monoisotopic (exact) mass is 1070 g/mol. The summed E-state index contributed by atoms with van der Waals surface area (Å²) in [5.41, 5.74) is 16.6. The Kier molecular flexibility index (Phi) is 13.8. The summed E-state index contributed by atoms with van der Waals surface area (Å²) in [6, 6.07) is 47.4. The van der Waals surface area contributed by atoms with E-state index in [9.17, 15) is 0 Å². The third kappa shape index (κ3) is 9.55. The first kappa shape index (κ1) is 45.9. The standard InChI is InChI=1S/C32H31N2.C24H27GeN2O.Ir/c1-21(2)27-19-26(24-13-7-6-8-14-24)20-28(22(3)4)31(27)34-30-17-10-9-16-29(30)33-32(34)25-15-11-12-23(5)18-25;1-15(2)12-17-13-22(26-14-21(17)25(4,5)6)20-9-7-8-18-19-11-10-16(3)27-24(19)28-23(18)20;/h6-14,16-22H,1-5H3;7-8,10-11,13-15H,12H2,1-6H3;/q2*-1;. The van der Waals surface area contributed by atoms with Crippen molar-refractivity contribution in [2.24, 2.45) is 5.92 Å². The third-order valence-corrected chi connectivity index (χ3v) is 16.0. The number of aryl methyl sites for hydroxylation is 2. The van der Waals surface area contributed by atoms with Gasteiger partial charge in [-0.05, 0) is 58.4 Å². The van der Waals surface area contributed by atoms with Crippen molar-refractivity contribution in [3.63, 3.8) is 0 Å². The van der Waals surface area contributed by atoms with Gasteiger partial charge in [0.25, 0.3) is 0 Å². The molecule has 5 aromatic carbocycles. The van der Waals surface area contributed by atoms with Crippen LogP contribution in [0.15, 0.2) is 126 Å². The quantitative estimate of drug-likeness (QED) is 0.107. The van der Waals surface area contributed by atoms with Crippen LogP contribution in [0.1, 0.15) is 81.3 Å². The van der Waals surface area contributed by atoms with Crippen molar-refractivity contribution in [2.45, 2.75) is 90.9 Å². The van der Waals surface area contributed by atoms with E-state index in [1.54, 1.807) is 0 Å². The fraction of sp³-hybridized carbons (Fsp3) is 0.268. The molecule has 9 rings (SSSR count). The van der Waals surface area contributed by atoms with Gasteiger partial charge in [0.05, 0.1) is 16.9 Å². The number of benzene rings is 5. The minimum absolute atomic E-state index is 0. The summed E-state index contributed by atoms with van der Waals surface area (Å²) < 4.78 is 10.0. The molecule has 9 aromatic rings. The van der Waals surface area contributed by atoms with Crippen molar-refractivity contribution in [3.05, 3.63) is 162 Å². The van der Waals surface area contributed by atoms with Crippen LogP contribution in [0.25, 0.3) is 72.6 Å². The summed E-state index contributed by atoms with van der Waals surface area (Å²) in [6.45, 7) is 17.8. The van der Waals surface area contributed by atoms with Gasteiger partial charge in [-0.1, -0.05) is 77.1 Å². The zero-order chi connectivity index (χ0) is 43.9. The maximum atomic E-state index is 6.17. The zero-order valence-electron chi connectivity index (χ0n) is 38.5. The second kappa shape index (κ2) is 18.9. The van der Waals surface area contributed by atoms with Gasteiger partial charge in [-0.15, -0.1) is 35.4 Å². The molecule has 0 amide bonds. The van der Waals surface area contributed by atoms with Gasteiger partial charge in [0.1, 0.15) is 0 Å². The predicted molar refractivity (Wildman–Crippen MR) is 264 cm³/mol. The molecule has 0 saturated heterocycles. The van der Waals surface area contributed by atoms with Crippen LogP contribution in [-0.2, 0) is 26.5 Å². The summed E-state index contributed by atoms with van der Waals surface area (Å²) in [5.74, 6) is 9.55. The minimum atomic E-state index is -1.99. The van der Waals surface area contributed by atoms with Gasteiger partial charge in [0.15, 0.2) is 0 Å². The topological polar surface area (TPSA) is 56.7 Å². The van der Waals surface area contributed by atoms with Crippen molar-refractivity contribution in [1.82, 2.24) is 19.5 Å². The van der Waals surface area contributed by atoms with Crippen molar-refractivity contribution >= 4 is 50.8 Å². The third-order valence-electron chi connectivity index (χ3n) is 11.6. The largest absolute Gasteiger partial charge is 0 e. The van der Waals surface area contributed by atoms with E-state index >= 15 is 0 Å². The summed E-state index contributed by atoms with van der Waals surface area (Å²) in [4.78, 5) is 14.5. The Morgan fingerprint density at radius 3 is 2.05 bits per heavy atom. The molecule has 0 N–H and O–H groups in total. The zero-order valence-corrected chi connectivity index (χ0v) is 43.0. The molecule has 0 fully saturated rings. The molecule has 0 spiro atoms. The Morgan fingerprint density at radius 2 is 1.38 bits per heavy atom. The van der Waals surface area contributed by atoms with Crippen LogP contribution in [0.5, 0.6) is 0 Å². The van der Waals surface area contributed by atoms with E-state index in [1.165, 1.54) is 43.5 Å². The second-order valence-corrected chi connectivity index (χ2v) is 29.4. The van der Waals surface area contributed by atoms with E-state index in [0.717, 1.165) is 62.1 Å². The molecule has 0 aliphatic heterocycles. The van der Waals surface area contributed by atoms with Gasteiger partial charge in [0, 0.05) is 25.8 Å². The van der Waals surface area contributed by atoms with E-state index in [4.69, 9.17) is 14.4 Å². The van der Waals surface area contributed by atoms with E-state index in [-0.39, 0.29) is 20.1 Å². The molecule has 0 atom stereocenters. The second-order valence-electron chi connectivity index (χ2n) is 18.8. The van der Waals surface area contributed by atoms with Gasteiger partial charge < -0.3 is 4.57 Å². The van der Waals surface area contributed by atoms with Gasteiger partial charge in [-0.3, -0.25) is 4.98 Å². The Bertz CT molecular complexity index is 3020. The molecule has 0 saturated carbocycles. The normalized spacial score (nSPS) is 11.8. The molecule has 4 aromatic heterocycles. The van der Waals surface area contributed by atoms with Crippen molar-refractivity contribution in [2.75, 3.05) is 0 Å². The first-order valence-corrected chi connectivity index (χ1v) is 29.4. The average Bonchev–Trinajstić information content (AvgIpc) is 3.81. The summed E-state index contributed by atoms with van der Waals surface area (Å²) in [5, 5.41) is 2.11. The molecule has 5 nitrogen and oxygen atoms in total. The van der Waals surface area contributed by atoms with E-state index in [1.807, 2.05) is 25.1 Å². The van der Waals surface area contributed by atoms with Crippen LogP contribution in [0.2, 0.25) is 17.3 Å². The summed E-state index contributed by atoms with van der Waals surface area (Å²) >= 11 is -1.99. The van der Waals surface area contributed by atoms with Crippen LogP contribution >= 0.6 is 0 Å². The average molecular weight is 1070 g/mol. The number of pyridine rings is 2. The summed E-state index contributed by atoms with van der Waals surface area (Å²) in [7, 11) is 0. The SMILES string of the molecule is Cc1cc[c-]c(-c2nc3ccccc3n2-c2c(C(C)C)cc(-c3ccccc3)cc2C(C)C)c1.Cc1ccc2c(n1)oc1c(-c3cc(CC(C)C)[c]([Ge]([CH3])([CH3])[CH3])cn3)[c-]ccc12.[Ir]. The number of fused-ring (bicyclic) bond motifs is 4. The fourth-order valence-corrected chi connectivity index (χ4v) is 11.9. The maximum Gasteiger partial charge on any atom is 0 e. The summed E-state index contributed by atoms with van der Waals surface area (Å²) in [6.07, 6.45) is 3.19. The number of furan rings is 1. The Morgan fingerprint density at radius 1 is 0.698 bits per heavy atom. The molecule has 0 unspecified atom stereocenters. The Labute approximate surface area is 390 Å². The number of aromatic nitrogens is 4. The van der Waals surface area contributed by atoms with Crippen molar-refractivity contribution < 1.29 is 24.5 Å². The van der Waals surface area contributed by atoms with Gasteiger partial charge >= 0.3 is 170 Å². The fourth-order valence-electron chi connectivity index (χ4n) is 8.58. The number of hydrogen-bond acceptors (Lipinski definition) is 4. The number of nitrogens with zero attached hydrogens (tertiary/aromatic N) is 4. The smallest absolute Gasteiger partial charge is 0 e. The predicted octanol–water partition coefficient (Wildman–Crippen LogP) is 14.6. The minimum Gasteiger partial charge on any atom is 0 e. The van der Waals surface area contributed by atoms with Crippen LogP contribution in [-0.4, -0.2) is 32.8 Å². The first-order chi connectivity index (χ1) is 29.7. The van der Waals surface area contributed by atoms with Crippen LogP contribution < -0.4 is 4.40 Å².